The van der Waals surface area contributed by atoms with E-state index in [0.717, 1.165) is 12.8 Å². The highest BCUT2D eigenvalue weighted by atomic mass is 35.5. The molecule has 0 spiro atoms. The van der Waals surface area contributed by atoms with Gasteiger partial charge in [-0.3, -0.25) is 0 Å². The van der Waals surface area contributed by atoms with E-state index in [1.54, 1.807) is 25.1 Å². The highest BCUT2D eigenvalue weighted by Gasteiger charge is 2.39. The van der Waals surface area contributed by atoms with Crippen molar-refractivity contribution < 1.29 is 14.6 Å². The Balaban J connectivity index is 1.92. The molecule has 2 amide bonds. The molecule has 0 aliphatic heterocycles. The second kappa shape index (κ2) is 5.89. The third kappa shape index (κ3) is 3.77. The first-order valence-corrected chi connectivity index (χ1v) is 6.91. The summed E-state index contributed by atoms with van der Waals surface area (Å²) in [6.45, 7) is 1.96. The molecule has 5 nitrogen and oxygen atoms in total. The Kier molecular flexibility index (Phi) is 4.40. The fraction of sp³-hybridized carbons (Fsp3) is 0.500. The van der Waals surface area contributed by atoms with Crippen molar-refractivity contribution in [3.63, 3.8) is 0 Å². The summed E-state index contributed by atoms with van der Waals surface area (Å²) >= 11 is 5.89. The molecular weight excluding hydrogens is 280 g/mol. The van der Waals surface area contributed by atoms with Gasteiger partial charge in [-0.1, -0.05) is 11.6 Å². The smallest absolute Gasteiger partial charge is 0.319 e. The van der Waals surface area contributed by atoms with E-state index in [0.29, 0.717) is 16.5 Å². The molecule has 110 valence electrons. The van der Waals surface area contributed by atoms with Gasteiger partial charge in [0.1, 0.15) is 5.75 Å². The van der Waals surface area contributed by atoms with Crippen LogP contribution in [0.1, 0.15) is 19.8 Å². The molecule has 1 aliphatic carbocycles. The fourth-order valence-electron chi connectivity index (χ4n) is 2.05. The lowest BCUT2D eigenvalue weighted by atomic mass is 10.0. The number of ether oxygens (including phenoxy) is 1. The molecule has 0 heterocycles. The predicted octanol–water partition coefficient (Wildman–Crippen LogP) is 2.63. The number of nitrogens with one attached hydrogen (secondary N) is 2. The Hall–Kier alpha value is -1.46. The number of rotatable bonds is 5. The molecule has 0 saturated heterocycles. The average Bonchev–Trinajstić information content (AvgIpc) is 3.21. The average molecular weight is 299 g/mol. The van der Waals surface area contributed by atoms with Gasteiger partial charge in [-0.15, -0.1) is 0 Å². The lowest BCUT2D eigenvalue weighted by Gasteiger charge is -2.23. The number of halogens is 1. The van der Waals surface area contributed by atoms with Gasteiger partial charge in [0, 0.05) is 11.6 Å². The monoisotopic (exact) mass is 298 g/mol. The molecule has 0 radical (unpaired) electrons. The number of urea groups is 1. The van der Waals surface area contributed by atoms with Crippen LogP contribution in [0.4, 0.5) is 10.5 Å². The number of anilines is 1. The van der Waals surface area contributed by atoms with E-state index < -0.39 is 11.6 Å². The largest absolute Gasteiger partial charge is 0.495 e. The van der Waals surface area contributed by atoms with E-state index in [9.17, 15) is 9.90 Å². The fourth-order valence-corrected chi connectivity index (χ4v) is 2.23. The molecule has 1 fully saturated rings. The number of methoxy groups -OCH3 is 1. The van der Waals surface area contributed by atoms with Crippen molar-refractivity contribution in [1.29, 1.82) is 0 Å². The first-order valence-electron chi connectivity index (χ1n) is 6.53. The minimum Gasteiger partial charge on any atom is -0.495 e. The van der Waals surface area contributed by atoms with Gasteiger partial charge in [0.05, 0.1) is 18.4 Å². The third-order valence-electron chi connectivity index (χ3n) is 3.47. The summed E-state index contributed by atoms with van der Waals surface area (Å²) in [5, 5.41) is 16.0. The molecule has 1 aliphatic rings. The van der Waals surface area contributed by atoms with Crippen LogP contribution in [-0.2, 0) is 0 Å². The quantitative estimate of drug-likeness (QED) is 0.782. The summed E-state index contributed by atoms with van der Waals surface area (Å²) < 4.78 is 5.14. The highest BCUT2D eigenvalue weighted by molar-refractivity contribution is 6.31. The van der Waals surface area contributed by atoms with Crippen LogP contribution >= 0.6 is 11.6 Å². The summed E-state index contributed by atoms with van der Waals surface area (Å²) in [5.74, 6) is 0.807. The van der Waals surface area contributed by atoms with Crippen LogP contribution in [0.2, 0.25) is 5.02 Å². The van der Waals surface area contributed by atoms with E-state index in [4.69, 9.17) is 16.3 Å². The Morgan fingerprint density at radius 3 is 2.85 bits per heavy atom. The van der Waals surface area contributed by atoms with E-state index in [2.05, 4.69) is 10.6 Å². The van der Waals surface area contributed by atoms with Gasteiger partial charge in [-0.05, 0) is 43.9 Å². The van der Waals surface area contributed by atoms with Crippen molar-refractivity contribution in [1.82, 2.24) is 5.32 Å². The van der Waals surface area contributed by atoms with Crippen molar-refractivity contribution in [3.05, 3.63) is 23.2 Å². The Labute approximate surface area is 123 Å². The number of benzene rings is 1. The van der Waals surface area contributed by atoms with Crippen LogP contribution in [-0.4, -0.2) is 30.4 Å². The molecule has 1 atom stereocenters. The maximum Gasteiger partial charge on any atom is 0.319 e. The molecule has 1 aromatic rings. The van der Waals surface area contributed by atoms with Gasteiger partial charge < -0.3 is 20.5 Å². The topological polar surface area (TPSA) is 70.6 Å². The number of aliphatic hydroxyl groups is 1. The van der Waals surface area contributed by atoms with Crippen LogP contribution in [0, 0.1) is 5.92 Å². The molecule has 1 unspecified atom stereocenters. The summed E-state index contributed by atoms with van der Waals surface area (Å²) in [6, 6.07) is 4.57. The molecule has 2 rings (SSSR count). The van der Waals surface area contributed by atoms with Gasteiger partial charge in [-0.25, -0.2) is 4.79 Å². The lowest BCUT2D eigenvalue weighted by molar-refractivity contribution is 0.0398. The normalized spacial score (nSPS) is 17.2. The van der Waals surface area contributed by atoms with Gasteiger partial charge in [0.2, 0.25) is 0 Å². The predicted molar refractivity (Wildman–Crippen MR) is 78.4 cm³/mol. The SMILES string of the molecule is COc1ccc(Cl)cc1NC(=O)NCC(C)(O)C1CC1. The van der Waals surface area contributed by atoms with Crippen LogP contribution in [0.3, 0.4) is 0 Å². The van der Waals surface area contributed by atoms with E-state index >= 15 is 0 Å². The second-order valence-corrected chi connectivity index (χ2v) is 5.72. The number of hydrogen-bond donors (Lipinski definition) is 3. The molecule has 6 heteroatoms. The highest BCUT2D eigenvalue weighted by Crippen LogP contribution is 2.39. The third-order valence-corrected chi connectivity index (χ3v) is 3.71. The van der Waals surface area contributed by atoms with Crippen molar-refractivity contribution in [2.75, 3.05) is 19.0 Å². The Morgan fingerprint density at radius 2 is 2.25 bits per heavy atom. The summed E-state index contributed by atoms with van der Waals surface area (Å²) in [7, 11) is 1.52. The van der Waals surface area contributed by atoms with E-state index in [1.165, 1.54) is 7.11 Å². The molecule has 3 N–H and O–H groups in total. The number of carbonyl (C=O) groups is 1. The number of carbonyl (C=O) groups excluding carboxylic acids is 1. The number of amides is 2. The van der Waals surface area contributed by atoms with Crippen molar-refractivity contribution in [3.8, 4) is 5.75 Å². The molecule has 0 aromatic heterocycles. The van der Waals surface area contributed by atoms with Crippen LogP contribution in [0.5, 0.6) is 5.75 Å². The Morgan fingerprint density at radius 1 is 1.55 bits per heavy atom. The second-order valence-electron chi connectivity index (χ2n) is 5.28. The van der Waals surface area contributed by atoms with Crippen molar-refractivity contribution in [2.24, 2.45) is 5.92 Å². The minimum atomic E-state index is -0.851. The molecule has 1 saturated carbocycles. The van der Waals surface area contributed by atoms with Gasteiger partial charge in [0.15, 0.2) is 0 Å². The molecule has 20 heavy (non-hydrogen) atoms. The van der Waals surface area contributed by atoms with Crippen molar-refractivity contribution in [2.45, 2.75) is 25.4 Å². The molecule has 1 aromatic carbocycles. The van der Waals surface area contributed by atoms with Crippen molar-refractivity contribution >= 4 is 23.3 Å². The summed E-state index contributed by atoms with van der Waals surface area (Å²) in [4.78, 5) is 11.8. The van der Waals surface area contributed by atoms with E-state index in [-0.39, 0.29) is 12.5 Å². The molecular formula is C14H19ClN2O3. The first-order chi connectivity index (χ1) is 9.42. The van der Waals surface area contributed by atoms with Crippen LogP contribution < -0.4 is 15.4 Å². The van der Waals surface area contributed by atoms with Crippen LogP contribution in [0.25, 0.3) is 0 Å². The first kappa shape index (κ1) is 14.9. The summed E-state index contributed by atoms with van der Waals surface area (Å²) in [6.07, 6.45) is 2.02. The van der Waals surface area contributed by atoms with E-state index in [1.807, 2.05) is 0 Å². The zero-order chi connectivity index (χ0) is 14.8. The van der Waals surface area contributed by atoms with Gasteiger partial charge in [-0.2, -0.15) is 0 Å². The lowest BCUT2D eigenvalue weighted by Crippen LogP contribution is -2.43. The van der Waals surface area contributed by atoms with Gasteiger partial charge in [0.25, 0.3) is 0 Å². The maximum atomic E-state index is 11.8. The standard InChI is InChI=1S/C14H19ClN2O3/c1-14(19,9-3-4-9)8-16-13(18)17-11-7-10(15)5-6-12(11)20-2/h5-7,9,19H,3-4,8H2,1-2H3,(H2,16,17,18). The molecule has 0 bridgehead atoms. The van der Waals surface area contributed by atoms with Crippen LogP contribution in [0.15, 0.2) is 18.2 Å². The van der Waals surface area contributed by atoms with Gasteiger partial charge >= 0.3 is 6.03 Å². The zero-order valence-electron chi connectivity index (χ0n) is 11.6. The summed E-state index contributed by atoms with van der Waals surface area (Å²) in [5.41, 5.74) is -0.362. The maximum absolute atomic E-state index is 11.8. The minimum absolute atomic E-state index is 0.215. The zero-order valence-corrected chi connectivity index (χ0v) is 12.3. The Bertz CT molecular complexity index is 501. The number of hydrogen-bond acceptors (Lipinski definition) is 3.